The summed E-state index contributed by atoms with van der Waals surface area (Å²) >= 11 is 6.07. The number of hydrogen-bond donors (Lipinski definition) is 1. The molecule has 3 aromatic rings. The molecule has 0 amide bonds. The van der Waals surface area contributed by atoms with Crippen LogP contribution in [-0.2, 0) is 0 Å². The minimum atomic E-state index is 0. The first-order chi connectivity index (χ1) is 10.6. The van der Waals surface area contributed by atoms with Gasteiger partial charge in [0.15, 0.2) is 0 Å². The van der Waals surface area contributed by atoms with Gasteiger partial charge in [-0.05, 0) is 55.8 Å². The van der Waals surface area contributed by atoms with E-state index in [9.17, 15) is 0 Å². The van der Waals surface area contributed by atoms with E-state index in [4.69, 9.17) is 16.3 Å². The van der Waals surface area contributed by atoms with Gasteiger partial charge in [-0.2, -0.15) is 0 Å². The normalized spacial score (nSPS) is 10.3. The minimum Gasteiger partial charge on any atom is -0.495 e. The molecule has 1 aromatic heterocycles. The molecule has 0 aliphatic carbocycles. The smallest absolute Gasteiger partial charge is 0.142 e. The van der Waals surface area contributed by atoms with Gasteiger partial charge in [-0.25, -0.2) is 4.98 Å². The SMILES string of the molecule is COc1ccc(Cl)cc1Nc1cc(C)c2cc(C)ccc2n1.Cl. The predicted octanol–water partition coefficient (Wildman–Crippen LogP) is 5.68. The second-order valence-electron chi connectivity index (χ2n) is 5.31. The number of rotatable bonds is 3. The van der Waals surface area contributed by atoms with E-state index in [2.05, 4.69) is 36.3 Å². The minimum absolute atomic E-state index is 0. The number of benzene rings is 2. The number of nitrogens with one attached hydrogen (secondary N) is 1. The maximum atomic E-state index is 6.07. The first kappa shape index (κ1) is 17.4. The molecule has 23 heavy (non-hydrogen) atoms. The van der Waals surface area contributed by atoms with E-state index in [1.165, 1.54) is 16.5 Å². The molecule has 1 N–H and O–H groups in total. The summed E-state index contributed by atoms with van der Waals surface area (Å²) in [4.78, 5) is 4.67. The Balaban J connectivity index is 0.00000192. The molecular formula is C18H18Cl2N2O. The highest BCUT2D eigenvalue weighted by atomic mass is 35.5. The molecule has 120 valence electrons. The van der Waals surface area contributed by atoms with Gasteiger partial charge in [0.25, 0.3) is 0 Å². The van der Waals surface area contributed by atoms with Gasteiger partial charge in [-0.15, -0.1) is 12.4 Å². The summed E-state index contributed by atoms with van der Waals surface area (Å²) in [6.45, 7) is 4.17. The monoisotopic (exact) mass is 348 g/mol. The zero-order valence-electron chi connectivity index (χ0n) is 13.2. The molecule has 0 fully saturated rings. The molecule has 0 radical (unpaired) electrons. The van der Waals surface area contributed by atoms with E-state index in [0.717, 1.165) is 22.8 Å². The van der Waals surface area contributed by atoms with Crippen molar-refractivity contribution in [3.05, 3.63) is 58.6 Å². The number of fused-ring (bicyclic) bond motifs is 1. The Morgan fingerprint density at radius 2 is 1.83 bits per heavy atom. The van der Waals surface area contributed by atoms with E-state index in [0.29, 0.717) is 5.02 Å². The van der Waals surface area contributed by atoms with Gasteiger partial charge in [0, 0.05) is 10.4 Å². The Hall–Kier alpha value is -1.97. The standard InChI is InChI=1S/C18H17ClN2O.ClH/c1-11-4-6-15-14(8-11)12(2)9-18(20-15)21-16-10-13(19)5-7-17(16)22-3;/h4-10H,1-3H3,(H,20,21);1H. The summed E-state index contributed by atoms with van der Waals surface area (Å²) in [5.74, 6) is 1.50. The average molecular weight is 349 g/mol. The Labute approximate surface area is 147 Å². The predicted molar refractivity (Wildman–Crippen MR) is 99.8 cm³/mol. The zero-order valence-corrected chi connectivity index (χ0v) is 14.8. The van der Waals surface area contributed by atoms with Crippen molar-refractivity contribution in [2.75, 3.05) is 12.4 Å². The summed E-state index contributed by atoms with van der Waals surface area (Å²) in [6, 6.07) is 13.8. The van der Waals surface area contributed by atoms with Crippen LogP contribution in [0.3, 0.4) is 0 Å². The fourth-order valence-corrected chi connectivity index (χ4v) is 2.66. The lowest BCUT2D eigenvalue weighted by atomic mass is 10.1. The highest BCUT2D eigenvalue weighted by Gasteiger charge is 2.07. The molecule has 3 rings (SSSR count). The van der Waals surface area contributed by atoms with Gasteiger partial charge in [-0.1, -0.05) is 23.2 Å². The van der Waals surface area contributed by atoms with Gasteiger partial charge in [-0.3, -0.25) is 0 Å². The summed E-state index contributed by atoms with van der Waals surface area (Å²) < 4.78 is 5.36. The number of methoxy groups -OCH3 is 1. The fourth-order valence-electron chi connectivity index (χ4n) is 2.49. The zero-order chi connectivity index (χ0) is 15.7. The van der Waals surface area contributed by atoms with Gasteiger partial charge >= 0.3 is 0 Å². The number of anilines is 2. The lowest BCUT2D eigenvalue weighted by Gasteiger charge is -2.13. The number of pyridine rings is 1. The fraction of sp³-hybridized carbons (Fsp3) is 0.167. The van der Waals surface area contributed by atoms with Crippen molar-refractivity contribution in [2.45, 2.75) is 13.8 Å². The number of ether oxygens (including phenoxy) is 1. The van der Waals surface area contributed by atoms with Crippen molar-refractivity contribution < 1.29 is 4.74 Å². The molecule has 3 nitrogen and oxygen atoms in total. The molecule has 0 spiro atoms. The van der Waals surface area contributed by atoms with Crippen LogP contribution in [0.15, 0.2) is 42.5 Å². The van der Waals surface area contributed by atoms with Crippen molar-refractivity contribution in [3.63, 3.8) is 0 Å². The lowest BCUT2D eigenvalue weighted by molar-refractivity contribution is 0.417. The molecule has 2 aromatic carbocycles. The molecule has 0 bridgehead atoms. The number of nitrogens with zero attached hydrogens (tertiary/aromatic N) is 1. The van der Waals surface area contributed by atoms with E-state index >= 15 is 0 Å². The van der Waals surface area contributed by atoms with E-state index < -0.39 is 0 Å². The molecule has 1 heterocycles. The third kappa shape index (κ3) is 3.69. The first-order valence-electron chi connectivity index (χ1n) is 7.05. The summed E-state index contributed by atoms with van der Waals surface area (Å²) in [6.07, 6.45) is 0. The van der Waals surface area contributed by atoms with Crippen LogP contribution in [-0.4, -0.2) is 12.1 Å². The van der Waals surface area contributed by atoms with Gasteiger partial charge in [0.2, 0.25) is 0 Å². The summed E-state index contributed by atoms with van der Waals surface area (Å²) in [5, 5.41) is 5.11. The Bertz CT molecular complexity index is 850. The summed E-state index contributed by atoms with van der Waals surface area (Å²) in [7, 11) is 1.64. The van der Waals surface area contributed by atoms with Crippen molar-refractivity contribution in [1.82, 2.24) is 4.98 Å². The van der Waals surface area contributed by atoms with Gasteiger partial charge in [0.1, 0.15) is 11.6 Å². The number of aromatic nitrogens is 1. The van der Waals surface area contributed by atoms with Crippen LogP contribution in [0.2, 0.25) is 5.02 Å². The first-order valence-corrected chi connectivity index (χ1v) is 7.43. The molecular weight excluding hydrogens is 331 g/mol. The lowest BCUT2D eigenvalue weighted by Crippen LogP contribution is -1.98. The van der Waals surface area contributed by atoms with Crippen LogP contribution < -0.4 is 10.1 Å². The van der Waals surface area contributed by atoms with Crippen LogP contribution in [0.25, 0.3) is 10.9 Å². The van der Waals surface area contributed by atoms with E-state index in [1.54, 1.807) is 13.2 Å². The third-order valence-electron chi connectivity index (χ3n) is 3.60. The van der Waals surface area contributed by atoms with Crippen molar-refractivity contribution in [3.8, 4) is 5.75 Å². The molecule has 0 aliphatic rings. The highest BCUT2D eigenvalue weighted by molar-refractivity contribution is 6.31. The highest BCUT2D eigenvalue weighted by Crippen LogP contribution is 2.31. The largest absolute Gasteiger partial charge is 0.495 e. The van der Waals surface area contributed by atoms with Gasteiger partial charge < -0.3 is 10.1 Å². The second-order valence-corrected chi connectivity index (χ2v) is 5.75. The average Bonchev–Trinajstić information content (AvgIpc) is 2.48. The Kier molecular flexibility index (Phi) is 5.34. The van der Waals surface area contributed by atoms with Crippen molar-refractivity contribution in [1.29, 1.82) is 0 Å². The molecule has 0 aliphatic heterocycles. The maximum Gasteiger partial charge on any atom is 0.142 e. The van der Waals surface area contributed by atoms with Crippen LogP contribution >= 0.6 is 24.0 Å². The molecule has 0 unspecified atom stereocenters. The molecule has 5 heteroatoms. The number of aryl methyl sites for hydroxylation is 2. The van der Waals surface area contributed by atoms with Crippen LogP contribution in [0, 0.1) is 13.8 Å². The maximum absolute atomic E-state index is 6.07. The number of halogens is 2. The van der Waals surface area contributed by atoms with E-state index in [-0.39, 0.29) is 12.4 Å². The molecule has 0 atom stereocenters. The van der Waals surface area contributed by atoms with Crippen LogP contribution in [0.5, 0.6) is 5.75 Å². The van der Waals surface area contributed by atoms with Crippen LogP contribution in [0.1, 0.15) is 11.1 Å². The topological polar surface area (TPSA) is 34.1 Å². The third-order valence-corrected chi connectivity index (χ3v) is 3.83. The number of hydrogen-bond acceptors (Lipinski definition) is 3. The van der Waals surface area contributed by atoms with Crippen LogP contribution in [0.4, 0.5) is 11.5 Å². The molecule has 0 saturated carbocycles. The summed E-state index contributed by atoms with van der Waals surface area (Å²) in [5.41, 5.74) is 4.18. The Morgan fingerprint density at radius 1 is 1.04 bits per heavy atom. The van der Waals surface area contributed by atoms with Crippen molar-refractivity contribution >= 4 is 46.4 Å². The van der Waals surface area contributed by atoms with Crippen molar-refractivity contribution in [2.24, 2.45) is 0 Å². The Morgan fingerprint density at radius 3 is 2.57 bits per heavy atom. The quantitative estimate of drug-likeness (QED) is 0.661. The van der Waals surface area contributed by atoms with Gasteiger partial charge in [0.05, 0.1) is 18.3 Å². The second kappa shape index (κ2) is 7.07. The van der Waals surface area contributed by atoms with E-state index in [1.807, 2.05) is 24.3 Å². The molecule has 0 saturated heterocycles.